The van der Waals surface area contributed by atoms with Crippen molar-refractivity contribution in [1.82, 2.24) is 15.0 Å². The van der Waals surface area contributed by atoms with Crippen LogP contribution in [0.2, 0.25) is 5.02 Å². The summed E-state index contributed by atoms with van der Waals surface area (Å²) in [5.41, 5.74) is 1.07. The van der Waals surface area contributed by atoms with Crippen molar-refractivity contribution in [2.45, 2.75) is 20.3 Å². The summed E-state index contributed by atoms with van der Waals surface area (Å²) in [4.78, 5) is 22.8. The lowest BCUT2D eigenvalue weighted by atomic mass is 10.1. The van der Waals surface area contributed by atoms with Crippen molar-refractivity contribution in [2.75, 3.05) is 0 Å². The highest BCUT2D eigenvalue weighted by Gasteiger charge is 2.09. The molecule has 0 radical (unpaired) electrons. The third-order valence-corrected chi connectivity index (χ3v) is 2.70. The van der Waals surface area contributed by atoms with Gasteiger partial charge >= 0.3 is 0 Å². The van der Waals surface area contributed by atoms with Gasteiger partial charge in [-0.05, 0) is 24.5 Å². The normalized spacial score (nSPS) is 10.9. The Bertz CT molecular complexity index is 607. The van der Waals surface area contributed by atoms with E-state index in [9.17, 15) is 4.79 Å². The number of nitrogens with one attached hydrogen (secondary N) is 1. The average Bonchev–Trinajstić information content (AvgIpc) is 2.27. The van der Waals surface area contributed by atoms with Gasteiger partial charge in [0.1, 0.15) is 5.69 Å². The van der Waals surface area contributed by atoms with Crippen LogP contribution in [0.4, 0.5) is 0 Å². The molecular formula is C13H14ClN3O. The Kier molecular flexibility index (Phi) is 3.77. The van der Waals surface area contributed by atoms with Crippen molar-refractivity contribution < 1.29 is 0 Å². The Hall–Kier alpha value is -1.68. The molecule has 0 bridgehead atoms. The van der Waals surface area contributed by atoms with Gasteiger partial charge in [0.2, 0.25) is 0 Å². The number of hydrogen-bond acceptors (Lipinski definition) is 3. The molecule has 0 aliphatic carbocycles. The molecule has 2 aromatic heterocycles. The van der Waals surface area contributed by atoms with Gasteiger partial charge in [0.05, 0.1) is 5.02 Å². The summed E-state index contributed by atoms with van der Waals surface area (Å²) >= 11 is 6.04. The van der Waals surface area contributed by atoms with E-state index in [0.717, 1.165) is 12.1 Å². The molecule has 0 aliphatic rings. The van der Waals surface area contributed by atoms with E-state index in [-0.39, 0.29) is 5.56 Å². The van der Waals surface area contributed by atoms with E-state index in [1.54, 1.807) is 18.3 Å². The minimum Gasteiger partial charge on any atom is -0.305 e. The molecule has 0 spiro atoms. The molecule has 0 aliphatic heterocycles. The standard InChI is InChI=1S/C13H14ClN3O/c1-8(2)6-9-7-11(18)17-13(16-9)12-10(14)4-3-5-15-12/h3-5,7-8H,6H2,1-2H3,(H,16,17,18). The molecule has 2 aromatic rings. The first-order valence-corrected chi connectivity index (χ1v) is 6.15. The van der Waals surface area contributed by atoms with Gasteiger partial charge in [0.15, 0.2) is 5.82 Å². The number of pyridine rings is 1. The summed E-state index contributed by atoms with van der Waals surface area (Å²) < 4.78 is 0. The van der Waals surface area contributed by atoms with Crippen LogP contribution in [0.5, 0.6) is 0 Å². The van der Waals surface area contributed by atoms with Crippen molar-refractivity contribution in [2.24, 2.45) is 5.92 Å². The van der Waals surface area contributed by atoms with Crippen LogP contribution in [-0.2, 0) is 6.42 Å². The molecule has 0 saturated carbocycles. The summed E-state index contributed by atoms with van der Waals surface area (Å²) in [6.07, 6.45) is 2.37. The number of rotatable bonds is 3. The SMILES string of the molecule is CC(C)Cc1cc(=O)[nH]c(-c2ncccc2Cl)n1. The fourth-order valence-electron chi connectivity index (χ4n) is 1.70. The van der Waals surface area contributed by atoms with Crippen LogP contribution in [0.25, 0.3) is 11.5 Å². The number of hydrogen-bond donors (Lipinski definition) is 1. The van der Waals surface area contributed by atoms with Crippen LogP contribution in [-0.4, -0.2) is 15.0 Å². The van der Waals surface area contributed by atoms with Gasteiger partial charge in [0, 0.05) is 18.0 Å². The molecule has 0 aromatic carbocycles. The van der Waals surface area contributed by atoms with E-state index in [2.05, 4.69) is 28.8 Å². The maximum Gasteiger partial charge on any atom is 0.251 e. The van der Waals surface area contributed by atoms with Crippen LogP contribution in [0.15, 0.2) is 29.2 Å². The van der Waals surface area contributed by atoms with Crippen LogP contribution in [0.3, 0.4) is 0 Å². The smallest absolute Gasteiger partial charge is 0.251 e. The van der Waals surface area contributed by atoms with Gasteiger partial charge in [-0.25, -0.2) is 4.98 Å². The van der Waals surface area contributed by atoms with Crippen LogP contribution in [0.1, 0.15) is 19.5 Å². The van der Waals surface area contributed by atoms with Crippen molar-refractivity contribution >= 4 is 11.6 Å². The molecule has 0 fully saturated rings. The van der Waals surface area contributed by atoms with Crippen molar-refractivity contribution in [3.05, 3.63) is 45.5 Å². The first-order chi connectivity index (χ1) is 8.56. The number of nitrogens with zero attached hydrogens (tertiary/aromatic N) is 2. The summed E-state index contributed by atoms with van der Waals surface area (Å²) in [5, 5.41) is 0.474. The Balaban J connectivity index is 2.49. The number of H-pyrrole nitrogens is 1. The molecule has 2 rings (SSSR count). The number of aromatic amines is 1. The highest BCUT2D eigenvalue weighted by Crippen LogP contribution is 2.21. The Labute approximate surface area is 110 Å². The first-order valence-electron chi connectivity index (χ1n) is 5.77. The zero-order valence-electron chi connectivity index (χ0n) is 10.3. The Morgan fingerprint density at radius 3 is 2.89 bits per heavy atom. The summed E-state index contributed by atoms with van der Waals surface area (Å²) in [7, 11) is 0. The average molecular weight is 264 g/mol. The maximum atomic E-state index is 11.6. The third-order valence-electron chi connectivity index (χ3n) is 2.39. The molecular weight excluding hydrogens is 250 g/mol. The second-order valence-electron chi connectivity index (χ2n) is 4.52. The first kappa shape index (κ1) is 12.8. The molecule has 1 N–H and O–H groups in total. The molecule has 0 atom stereocenters. The zero-order valence-corrected chi connectivity index (χ0v) is 11.0. The number of halogens is 1. The quantitative estimate of drug-likeness (QED) is 0.926. The topological polar surface area (TPSA) is 58.6 Å². The monoisotopic (exact) mass is 263 g/mol. The van der Waals surface area contributed by atoms with E-state index in [1.165, 1.54) is 6.07 Å². The van der Waals surface area contributed by atoms with Crippen LogP contribution < -0.4 is 5.56 Å². The van der Waals surface area contributed by atoms with Crippen molar-refractivity contribution in [3.8, 4) is 11.5 Å². The van der Waals surface area contributed by atoms with E-state index < -0.39 is 0 Å². The predicted octanol–water partition coefficient (Wildman–Crippen LogP) is 2.68. The molecule has 2 heterocycles. The molecule has 0 unspecified atom stereocenters. The highest BCUT2D eigenvalue weighted by molar-refractivity contribution is 6.32. The Morgan fingerprint density at radius 2 is 2.22 bits per heavy atom. The van der Waals surface area contributed by atoms with Crippen LogP contribution >= 0.6 is 11.6 Å². The second-order valence-corrected chi connectivity index (χ2v) is 4.92. The molecule has 18 heavy (non-hydrogen) atoms. The fraction of sp³-hybridized carbons (Fsp3) is 0.308. The molecule has 94 valence electrons. The van der Waals surface area contributed by atoms with Gasteiger partial charge in [-0.15, -0.1) is 0 Å². The molecule has 4 nitrogen and oxygen atoms in total. The molecule has 0 amide bonds. The molecule has 0 saturated heterocycles. The van der Waals surface area contributed by atoms with Gasteiger partial charge in [-0.1, -0.05) is 25.4 Å². The second kappa shape index (κ2) is 5.31. The lowest BCUT2D eigenvalue weighted by Crippen LogP contribution is -2.12. The Morgan fingerprint density at radius 1 is 1.44 bits per heavy atom. The zero-order chi connectivity index (χ0) is 13.1. The molecule has 5 heteroatoms. The van der Waals surface area contributed by atoms with E-state index in [1.807, 2.05) is 0 Å². The summed E-state index contributed by atoms with van der Waals surface area (Å²) in [6, 6.07) is 4.97. The minimum atomic E-state index is -0.183. The van der Waals surface area contributed by atoms with E-state index in [4.69, 9.17) is 11.6 Å². The van der Waals surface area contributed by atoms with Crippen molar-refractivity contribution in [3.63, 3.8) is 0 Å². The van der Waals surface area contributed by atoms with E-state index >= 15 is 0 Å². The van der Waals surface area contributed by atoms with Gasteiger partial charge in [-0.3, -0.25) is 9.78 Å². The summed E-state index contributed by atoms with van der Waals surface area (Å²) in [6.45, 7) is 4.16. The summed E-state index contributed by atoms with van der Waals surface area (Å²) in [5.74, 6) is 0.857. The number of aromatic nitrogens is 3. The van der Waals surface area contributed by atoms with Crippen molar-refractivity contribution in [1.29, 1.82) is 0 Å². The third kappa shape index (κ3) is 2.96. The lowest BCUT2D eigenvalue weighted by molar-refractivity contribution is 0.633. The van der Waals surface area contributed by atoms with Gasteiger partial charge in [-0.2, -0.15) is 0 Å². The highest BCUT2D eigenvalue weighted by atomic mass is 35.5. The maximum absolute atomic E-state index is 11.6. The largest absolute Gasteiger partial charge is 0.305 e. The predicted molar refractivity (Wildman–Crippen MR) is 71.6 cm³/mol. The van der Waals surface area contributed by atoms with Gasteiger partial charge in [0.25, 0.3) is 5.56 Å². The van der Waals surface area contributed by atoms with E-state index in [0.29, 0.717) is 22.5 Å². The van der Waals surface area contributed by atoms with Crippen LogP contribution in [0, 0.1) is 5.92 Å². The lowest BCUT2D eigenvalue weighted by Gasteiger charge is -2.06. The minimum absolute atomic E-state index is 0.183. The van der Waals surface area contributed by atoms with Gasteiger partial charge < -0.3 is 4.98 Å². The fourth-order valence-corrected chi connectivity index (χ4v) is 1.91.